The predicted octanol–water partition coefficient (Wildman–Crippen LogP) is 5.30. The fourth-order valence-corrected chi connectivity index (χ4v) is 3.16. The van der Waals surface area contributed by atoms with Crippen molar-refractivity contribution in [2.45, 2.75) is 19.8 Å². The van der Waals surface area contributed by atoms with Gasteiger partial charge in [0.05, 0.1) is 11.0 Å². The van der Waals surface area contributed by atoms with Gasteiger partial charge in [0.25, 0.3) is 0 Å². The van der Waals surface area contributed by atoms with Gasteiger partial charge in [0.15, 0.2) is 0 Å². The number of anilines is 2. The number of carbonyl (C=O) groups excluding carboxylic acids is 1. The highest BCUT2D eigenvalue weighted by molar-refractivity contribution is 5.99. The third-order valence-electron chi connectivity index (χ3n) is 4.58. The number of benzene rings is 3. The van der Waals surface area contributed by atoms with E-state index in [0.717, 1.165) is 46.6 Å². The van der Waals surface area contributed by atoms with Crippen molar-refractivity contribution in [3.05, 3.63) is 89.7 Å². The Morgan fingerprint density at radius 3 is 2.46 bits per heavy atom. The fraction of sp³-hybridized carbons (Fsp3) is 0.130. The lowest BCUT2D eigenvalue weighted by Gasteiger charge is -2.09. The molecule has 3 aromatic carbocycles. The topological polar surface area (TPSA) is 69.8 Å². The van der Waals surface area contributed by atoms with Crippen molar-refractivity contribution < 1.29 is 4.79 Å². The molecule has 140 valence electrons. The Balaban J connectivity index is 1.32. The number of nitrogens with one attached hydrogen (secondary N) is 3. The molecule has 0 unspecified atom stereocenters. The van der Waals surface area contributed by atoms with Gasteiger partial charge >= 0.3 is 6.03 Å². The van der Waals surface area contributed by atoms with Crippen molar-refractivity contribution in [1.82, 2.24) is 9.97 Å². The first-order chi connectivity index (χ1) is 13.7. The van der Waals surface area contributed by atoms with E-state index in [0.29, 0.717) is 0 Å². The molecule has 4 rings (SSSR count). The molecule has 5 nitrogen and oxygen atoms in total. The second-order valence-corrected chi connectivity index (χ2v) is 6.85. The molecule has 0 saturated heterocycles. The summed E-state index contributed by atoms with van der Waals surface area (Å²) in [5, 5.41) is 5.70. The summed E-state index contributed by atoms with van der Waals surface area (Å²) in [6, 6.07) is 23.4. The molecule has 0 fully saturated rings. The largest absolute Gasteiger partial charge is 0.342 e. The number of hydrogen-bond acceptors (Lipinski definition) is 2. The summed E-state index contributed by atoms with van der Waals surface area (Å²) in [5.74, 6) is 0.987. The first-order valence-electron chi connectivity index (χ1n) is 9.33. The van der Waals surface area contributed by atoms with Gasteiger partial charge in [-0.25, -0.2) is 9.78 Å². The normalized spacial score (nSPS) is 10.8. The van der Waals surface area contributed by atoms with Gasteiger partial charge < -0.3 is 15.6 Å². The van der Waals surface area contributed by atoms with Crippen LogP contribution in [-0.4, -0.2) is 16.0 Å². The van der Waals surface area contributed by atoms with E-state index >= 15 is 0 Å². The Morgan fingerprint density at radius 1 is 0.893 bits per heavy atom. The van der Waals surface area contributed by atoms with Crippen LogP contribution in [0, 0.1) is 6.92 Å². The van der Waals surface area contributed by atoms with E-state index in [1.54, 1.807) is 0 Å². The second-order valence-electron chi connectivity index (χ2n) is 6.85. The highest BCUT2D eigenvalue weighted by atomic mass is 16.2. The van der Waals surface area contributed by atoms with Crippen LogP contribution in [0.15, 0.2) is 72.8 Å². The molecule has 2 amide bonds. The third kappa shape index (κ3) is 4.38. The van der Waals surface area contributed by atoms with Gasteiger partial charge in [-0.3, -0.25) is 0 Å². The molecule has 0 aliphatic rings. The fourth-order valence-electron chi connectivity index (χ4n) is 3.16. The maximum Gasteiger partial charge on any atom is 0.323 e. The monoisotopic (exact) mass is 370 g/mol. The van der Waals surface area contributed by atoms with Crippen LogP contribution in [0.1, 0.15) is 17.0 Å². The number of aryl methyl sites for hydroxylation is 3. The van der Waals surface area contributed by atoms with Crippen molar-refractivity contribution in [2.75, 3.05) is 10.6 Å². The van der Waals surface area contributed by atoms with Gasteiger partial charge in [0.1, 0.15) is 5.82 Å². The van der Waals surface area contributed by atoms with Gasteiger partial charge in [0.2, 0.25) is 0 Å². The average Bonchev–Trinajstić information content (AvgIpc) is 3.10. The van der Waals surface area contributed by atoms with Gasteiger partial charge in [0, 0.05) is 17.8 Å². The first-order valence-corrected chi connectivity index (χ1v) is 9.33. The van der Waals surface area contributed by atoms with Crippen LogP contribution in [0.2, 0.25) is 0 Å². The number of rotatable bonds is 5. The molecule has 0 bridgehead atoms. The number of carbonyl (C=O) groups is 1. The van der Waals surface area contributed by atoms with E-state index in [-0.39, 0.29) is 6.03 Å². The maximum atomic E-state index is 12.1. The number of amides is 2. The number of nitrogens with zero attached hydrogens (tertiary/aromatic N) is 1. The quantitative estimate of drug-likeness (QED) is 0.446. The van der Waals surface area contributed by atoms with Crippen LogP contribution in [0.25, 0.3) is 11.0 Å². The SMILES string of the molecule is Cc1cccc(NC(=O)Nc2ccc(CCc3nc4ccccc4[nH]3)cc2)c1. The average molecular weight is 370 g/mol. The summed E-state index contributed by atoms with van der Waals surface area (Å²) in [5.41, 5.74) is 5.91. The van der Waals surface area contributed by atoms with Crippen LogP contribution >= 0.6 is 0 Å². The molecule has 3 N–H and O–H groups in total. The first kappa shape index (κ1) is 17.8. The third-order valence-corrected chi connectivity index (χ3v) is 4.58. The lowest BCUT2D eigenvalue weighted by atomic mass is 10.1. The van der Waals surface area contributed by atoms with Crippen LogP contribution in [-0.2, 0) is 12.8 Å². The molecule has 0 radical (unpaired) electrons. The summed E-state index contributed by atoms with van der Waals surface area (Å²) < 4.78 is 0. The molecular weight excluding hydrogens is 348 g/mol. The zero-order valence-corrected chi connectivity index (χ0v) is 15.7. The smallest absolute Gasteiger partial charge is 0.323 e. The Morgan fingerprint density at radius 2 is 1.68 bits per heavy atom. The number of para-hydroxylation sites is 2. The minimum Gasteiger partial charge on any atom is -0.342 e. The Kier molecular flexibility index (Phi) is 5.06. The van der Waals surface area contributed by atoms with E-state index in [9.17, 15) is 4.79 Å². The summed E-state index contributed by atoms with van der Waals surface area (Å²) in [7, 11) is 0. The predicted molar refractivity (Wildman–Crippen MR) is 114 cm³/mol. The summed E-state index contributed by atoms with van der Waals surface area (Å²) >= 11 is 0. The van der Waals surface area contributed by atoms with E-state index in [1.807, 2.05) is 79.7 Å². The standard InChI is InChI=1S/C23H22N4O/c1-16-5-4-6-19(15-16)25-23(28)24-18-12-9-17(10-13-18)11-14-22-26-20-7-2-3-8-21(20)27-22/h2-10,12-13,15H,11,14H2,1H3,(H,26,27)(H2,24,25,28). The van der Waals surface area contributed by atoms with Crippen LogP contribution in [0.5, 0.6) is 0 Å². The van der Waals surface area contributed by atoms with Crippen molar-refractivity contribution in [3.63, 3.8) is 0 Å². The molecular formula is C23H22N4O. The lowest BCUT2D eigenvalue weighted by molar-refractivity contribution is 0.262. The Labute approximate surface area is 163 Å². The minimum absolute atomic E-state index is 0.249. The van der Waals surface area contributed by atoms with Crippen LogP contribution in [0.4, 0.5) is 16.2 Å². The maximum absolute atomic E-state index is 12.1. The van der Waals surface area contributed by atoms with E-state index in [2.05, 4.69) is 20.6 Å². The molecule has 0 aliphatic heterocycles. The van der Waals surface area contributed by atoms with Crippen molar-refractivity contribution >= 4 is 28.4 Å². The minimum atomic E-state index is -0.249. The Hall–Kier alpha value is -3.60. The van der Waals surface area contributed by atoms with Crippen LogP contribution < -0.4 is 10.6 Å². The molecule has 0 aliphatic carbocycles. The number of imidazole rings is 1. The highest BCUT2D eigenvalue weighted by Crippen LogP contribution is 2.15. The number of fused-ring (bicyclic) bond motifs is 1. The summed E-state index contributed by atoms with van der Waals surface area (Å²) in [6.07, 6.45) is 1.73. The van der Waals surface area contributed by atoms with Gasteiger partial charge in [-0.1, -0.05) is 36.4 Å². The number of aromatic amines is 1. The molecule has 28 heavy (non-hydrogen) atoms. The highest BCUT2D eigenvalue weighted by Gasteiger charge is 2.05. The molecule has 5 heteroatoms. The zero-order valence-electron chi connectivity index (χ0n) is 15.7. The van der Waals surface area contributed by atoms with Crippen molar-refractivity contribution in [1.29, 1.82) is 0 Å². The molecule has 0 atom stereocenters. The number of urea groups is 1. The molecule has 4 aromatic rings. The van der Waals surface area contributed by atoms with Gasteiger partial charge in [-0.2, -0.15) is 0 Å². The van der Waals surface area contributed by atoms with E-state index in [1.165, 1.54) is 5.56 Å². The number of aromatic nitrogens is 2. The summed E-state index contributed by atoms with van der Waals surface area (Å²) in [6.45, 7) is 1.99. The van der Waals surface area contributed by atoms with Crippen molar-refractivity contribution in [2.24, 2.45) is 0 Å². The van der Waals surface area contributed by atoms with E-state index in [4.69, 9.17) is 0 Å². The zero-order chi connectivity index (χ0) is 19.3. The number of H-pyrrole nitrogens is 1. The van der Waals surface area contributed by atoms with Crippen molar-refractivity contribution in [3.8, 4) is 0 Å². The lowest BCUT2D eigenvalue weighted by Crippen LogP contribution is -2.19. The molecule has 0 spiro atoms. The van der Waals surface area contributed by atoms with Gasteiger partial charge in [-0.15, -0.1) is 0 Å². The van der Waals surface area contributed by atoms with Crippen LogP contribution in [0.3, 0.4) is 0 Å². The van der Waals surface area contributed by atoms with E-state index < -0.39 is 0 Å². The molecule has 1 heterocycles. The second kappa shape index (κ2) is 7.96. The number of hydrogen-bond donors (Lipinski definition) is 3. The van der Waals surface area contributed by atoms with Gasteiger partial charge in [-0.05, 0) is 60.9 Å². The summed E-state index contributed by atoms with van der Waals surface area (Å²) in [4.78, 5) is 20.1. The molecule has 1 aromatic heterocycles. The Bertz CT molecular complexity index is 1070. The molecule has 0 saturated carbocycles.